The zero-order chi connectivity index (χ0) is 9.84. The Hall–Kier alpha value is -1.06. The molecule has 0 spiro atoms. The Bertz CT molecular complexity index is 297. The van der Waals surface area contributed by atoms with Crippen LogP contribution < -0.4 is 16.0 Å². The van der Waals surface area contributed by atoms with Crippen molar-refractivity contribution < 1.29 is 4.74 Å². The van der Waals surface area contributed by atoms with Crippen molar-refractivity contribution in [2.45, 2.75) is 20.4 Å². The maximum absolute atomic E-state index is 5.31. The maximum atomic E-state index is 5.31. The summed E-state index contributed by atoms with van der Waals surface area (Å²) >= 11 is 0. The molecule has 3 heteroatoms. The number of aryl methyl sites for hydroxylation is 1. The number of rotatable bonds is 3. The van der Waals surface area contributed by atoms with Crippen LogP contribution in [-0.2, 0) is 6.54 Å². The Balaban J connectivity index is 3.13. The van der Waals surface area contributed by atoms with E-state index in [4.69, 9.17) is 10.6 Å². The Kier molecular flexibility index (Phi) is 3.28. The highest BCUT2D eigenvalue weighted by molar-refractivity contribution is 5.45. The van der Waals surface area contributed by atoms with Gasteiger partial charge in [0.15, 0.2) is 0 Å². The summed E-state index contributed by atoms with van der Waals surface area (Å²) in [6.07, 6.45) is 0. The average molecular weight is 180 g/mol. The predicted octanol–water partition coefficient (Wildman–Crippen LogP) is 1.28. The van der Waals surface area contributed by atoms with Crippen LogP contribution in [-0.4, -0.2) is 7.11 Å². The van der Waals surface area contributed by atoms with Crippen molar-refractivity contribution in [3.63, 3.8) is 0 Å². The second-order valence-electron chi connectivity index (χ2n) is 3.08. The third-order valence-electron chi connectivity index (χ3n) is 2.25. The van der Waals surface area contributed by atoms with Crippen LogP contribution in [0.2, 0.25) is 0 Å². The molecular weight excluding hydrogens is 164 g/mol. The fraction of sp³-hybridized carbons (Fsp3) is 0.400. The standard InChI is InChI=1S/C10H16N2O/c1-7-4-5-9(6-12-11)10(13-3)8(7)2/h4-5,12H,6,11H2,1-3H3. The molecule has 0 aliphatic rings. The van der Waals surface area contributed by atoms with E-state index in [9.17, 15) is 0 Å². The van der Waals surface area contributed by atoms with Crippen molar-refractivity contribution in [2.75, 3.05) is 7.11 Å². The lowest BCUT2D eigenvalue weighted by Crippen LogP contribution is -2.21. The fourth-order valence-corrected chi connectivity index (χ4v) is 1.38. The van der Waals surface area contributed by atoms with E-state index in [1.54, 1.807) is 7.11 Å². The lowest BCUT2D eigenvalue weighted by Gasteiger charge is -2.12. The second-order valence-corrected chi connectivity index (χ2v) is 3.08. The van der Waals surface area contributed by atoms with Crippen LogP contribution in [0.4, 0.5) is 0 Å². The molecule has 0 unspecified atom stereocenters. The number of hydrogen-bond donors (Lipinski definition) is 2. The van der Waals surface area contributed by atoms with Crippen molar-refractivity contribution in [1.82, 2.24) is 5.43 Å². The van der Waals surface area contributed by atoms with Crippen LogP contribution in [0.15, 0.2) is 12.1 Å². The van der Waals surface area contributed by atoms with E-state index >= 15 is 0 Å². The molecule has 1 rings (SSSR count). The first-order chi connectivity index (χ1) is 6.20. The zero-order valence-corrected chi connectivity index (χ0v) is 8.35. The normalized spacial score (nSPS) is 10.2. The van der Waals surface area contributed by atoms with E-state index in [1.807, 2.05) is 13.0 Å². The molecule has 0 heterocycles. The van der Waals surface area contributed by atoms with Gasteiger partial charge in [0.05, 0.1) is 7.11 Å². The van der Waals surface area contributed by atoms with Gasteiger partial charge < -0.3 is 4.74 Å². The van der Waals surface area contributed by atoms with Gasteiger partial charge in [-0.3, -0.25) is 11.3 Å². The molecule has 0 radical (unpaired) electrons. The number of nitrogens with two attached hydrogens (primary N) is 1. The molecular formula is C10H16N2O. The predicted molar refractivity (Wildman–Crippen MR) is 53.5 cm³/mol. The largest absolute Gasteiger partial charge is 0.496 e. The lowest BCUT2D eigenvalue weighted by atomic mass is 10.0. The van der Waals surface area contributed by atoms with Crippen LogP contribution >= 0.6 is 0 Å². The van der Waals surface area contributed by atoms with E-state index < -0.39 is 0 Å². The first kappa shape index (κ1) is 10.0. The molecule has 0 saturated carbocycles. The van der Waals surface area contributed by atoms with Gasteiger partial charge in [-0.25, -0.2) is 0 Å². The fourth-order valence-electron chi connectivity index (χ4n) is 1.38. The van der Waals surface area contributed by atoms with Gasteiger partial charge in [0.25, 0.3) is 0 Å². The molecule has 72 valence electrons. The maximum Gasteiger partial charge on any atom is 0.126 e. The van der Waals surface area contributed by atoms with Gasteiger partial charge in [-0.1, -0.05) is 12.1 Å². The van der Waals surface area contributed by atoms with E-state index in [2.05, 4.69) is 18.4 Å². The van der Waals surface area contributed by atoms with E-state index in [1.165, 1.54) is 11.1 Å². The summed E-state index contributed by atoms with van der Waals surface area (Å²) in [6, 6.07) is 4.10. The van der Waals surface area contributed by atoms with Crippen molar-refractivity contribution in [2.24, 2.45) is 5.84 Å². The SMILES string of the molecule is COc1c(CNN)ccc(C)c1C. The summed E-state index contributed by atoms with van der Waals surface area (Å²) in [4.78, 5) is 0. The molecule has 0 saturated heterocycles. The van der Waals surface area contributed by atoms with Gasteiger partial charge >= 0.3 is 0 Å². The summed E-state index contributed by atoms with van der Waals surface area (Å²) in [5.74, 6) is 6.20. The van der Waals surface area contributed by atoms with Crippen molar-refractivity contribution >= 4 is 0 Å². The number of methoxy groups -OCH3 is 1. The number of hydrazine groups is 1. The van der Waals surface area contributed by atoms with Crippen LogP contribution in [0.1, 0.15) is 16.7 Å². The molecule has 0 aromatic heterocycles. The van der Waals surface area contributed by atoms with Crippen molar-refractivity contribution in [3.8, 4) is 5.75 Å². The summed E-state index contributed by atoms with van der Waals surface area (Å²) in [5.41, 5.74) is 6.13. The van der Waals surface area contributed by atoms with E-state index in [-0.39, 0.29) is 0 Å². The van der Waals surface area contributed by atoms with Gasteiger partial charge in [0, 0.05) is 12.1 Å². The first-order valence-electron chi connectivity index (χ1n) is 4.27. The molecule has 13 heavy (non-hydrogen) atoms. The molecule has 3 N–H and O–H groups in total. The summed E-state index contributed by atoms with van der Waals surface area (Å²) in [6.45, 7) is 4.75. The highest BCUT2D eigenvalue weighted by Crippen LogP contribution is 2.25. The van der Waals surface area contributed by atoms with E-state index in [0.717, 1.165) is 11.3 Å². The van der Waals surface area contributed by atoms with Crippen molar-refractivity contribution in [3.05, 3.63) is 28.8 Å². The Labute approximate surface area is 78.9 Å². The highest BCUT2D eigenvalue weighted by Gasteiger charge is 2.06. The van der Waals surface area contributed by atoms with E-state index in [0.29, 0.717) is 6.54 Å². The third-order valence-corrected chi connectivity index (χ3v) is 2.25. The van der Waals surface area contributed by atoms with Gasteiger partial charge in [0.2, 0.25) is 0 Å². The number of benzene rings is 1. The van der Waals surface area contributed by atoms with Crippen molar-refractivity contribution in [1.29, 1.82) is 0 Å². The minimum atomic E-state index is 0.629. The topological polar surface area (TPSA) is 47.3 Å². The molecule has 3 nitrogen and oxygen atoms in total. The zero-order valence-electron chi connectivity index (χ0n) is 8.35. The smallest absolute Gasteiger partial charge is 0.126 e. The van der Waals surface area contributed by atoms with Crippen LogP contribution in [0.3, 0.4) is 0 Å². The minimum absolute atomic E-state index is 0.629. The molecule has 1 aromatic rings. The van der Waals surface area contributed by atoms with Crippen LogP contribution in [0, 0.1) is 13.8 Å². The summed E-state index contributed by atoms with van der Waals surface area (Å²) < 4.78 is 5.31. The monoisotopic (exact) mass is 180 g/mol. The number of ether oxygens (including phenoxy) is 1. The molecule has 0 atom stereocenters. The van der Waals surface area contributed by atoms with Crippen LogP contribution in [0.25, 0.3) is 0 Å². The van der Waals surface area contributed by atoms with Crippen LogP contribution in [0.5, 0.6) is 5.75 Å². The molecule has 0 aliphatic heterocycles. The summed E-state index contributed by atoms with van der Waals surface area (Å²) in [7, 11) is 1.68. The van der Waals surface area contributed by atoms with Gasteiger partial charge in [-0.2, -0.15) is 0 Å². The molecule has 1 aromatic carbocycles. The first-order valence-corrected chi connectivity index (χ1v) is 4.27. The third kappa shape index (κ3) is 1.99. The van der Waals surface area contributed by atoms with Gasteiger partial charge in [0.1, 0.15) is 5.75 Å². The molecule has 0 amide bonds. The average Bonchev–Trinajstić information content (AvgIpc) is 2.12. The Morgan fingerprint density at radius 3 is 2.62 bits per heavy atom. The Morgan fingerprint density at radius 2 is 2.08 bits per heavy atom. The minimum Gasteiger partial charge on any atom is -0.496 e. The van der Waals surface area contributed by atoms with Gasteiger partial charge in [-0.15, -0.1) is 0 Å². The molecule has 0 bridgehead atoms. The highest BCUT2D eigenvalue weighted by atomic mass is 16.5. The summed E-state index contributed by atoms with van der Waals surface area (Å²) in [5, 5.41) is 0. The second kappa shape index (κ2) is 4.25. The lowest BCUT2D eigenvalue weighted by molar-refractivity contribution is 0.404. The molecule has 0 aliphatic carbocycles. The molecule has 0 fully saturated rings. The quantitative estimate of drug-likeness (QED) is 0.544. The van der Waals surface area contributed by atoms with Gasteiger partial charge in [-0.05, 0) is 25.0 Å². The number of hydrogen-bond acceptors (Lipinski definition) is 3. The Morgan fingerprint density at radius 1 is 1.38 bits per heavy atom. The number of nitrogens with one attached hydrogen (secondary N) is 1.